The van der Waals surface area contributed by atoms with Gasteiger partial charge in [-0.25, -0.2) is 0 Å². The van der Waals surface area contributed by atoms with Crippen LogP contribution in [0.25, 0.3) is 0 Å². The molecule has 0 atom stereocenters. The molecule has 0 aromatic carbocycles. The van der Waals surface area contributed by atoms with Gasteiger partial charge in [0.05, 0.1) is 13.2 Å². The van der Waals surface area contributed by atoms with Gasteiger partial charge in [-0.2, -0.15) is 0 Å². The number of halogens is 1. The van der Waals surface area contributed by atoms with Gasteiger partial charge >= 0.3 is 0 Å². The van der Waals surface area contributed by atoms with Crippen molar-refractivity contribution in [1.82, 2.24) is 10.6 Å². The molecule has 0 unspecified atom stereocenters. The van der Waals surface area contributed by atoms with Crippen LogP contribution in [0.1, 0.15) is 20.3 Å². The largest absolute Gasteiger partial charge is 0.383 e. The van der Waals surface area contributed by atoms with Crippen LogP contribution in [0.4, 0.5) is 0 Å². The summed E-state index contributed by atoms with van der Waals surface area (Å²) < 4.78 is 4.94. The number of hydrogen-bond acceptors (Lipinski definition) is 2. The molecule has 0 amide bonds. The molecule has 4 nitrogen and oxygen atoms in total. The van der Waals surface area contributed by atoms with Crippen molar-refractivity contribution in [2.75, 3.05) is 33.4 Å². The van der Waals surface area contributed by atoms with Crippen LogP contribution in [0.3, 0.4) is 0 Å². The number of guanidine groups is 1. The fourth-order valence-corrected chi connectivity index (χ4v) is 1.03. The van der Waals surface area contributed by atoms with Crippen molar-refractivity contribution in [2.45, 2.75) is 20.3 Å². The summed E-state index contributed by atoms with van der Waals surface area (Å²) in [6, 6.07) is 0. The van der Waals surface area contributed by atoms with Crippen LogP contribution in [-0.2, 0) is 4.74 Å². The molecule has 0 rings (SSSR count). The summed E-state index contributed by atoms with van der Waals surface area (Å²) in [5.74, 6) is 0.860. The molecule has 0 heterocycles. The van der Waals surface area contributed by atoms with Crippen molar-refractivity contribution in [3.05, 3.63) is 12.2 Å². The van der Waals surface area contributed by atoms with Crippen molar-refractivity contribution < 1.29 is 4.74 Å². The lowest BCUT2D eigenvalue weighted by atomic mass is 10.4. The molecule has 0 saturated heterocycles. The number of ether oxygens (including phenoxy) is 1. The van der Waals surface area contributed by atoms with Crippen molar-refractivity contribution in [3.63, 3.8) is 0 Å². The minimum absolute atomic E-state index is 0. The van der Waals surface area contributed by atoms with Crippen molar-refractivity contribution in [2.24, 2.45) is 4.99 Å². The third-order valence-electron chi connectivity index (χ3n) is 1.75. The zero-order valence-corrected chi connectivity index (χ0v) is 12.8. The number of methoxy groups -OCH3 is 1. The summed E-state index contributed by atoms with van der Waals surface area (Å²) in [7, 11) is 1.68. The molecule has 0 fully saturated rings. The molecular weight excluding hydrogens is 317 g/mol. The van der Waals surface area contributed by atoms with Gasteiger partial charge in [-0.05, 0) is 20.3 Å². The molecule has 96 valence electrons. The van der Waals surface area contributed by atoms with Crippen molar-refractivity contribution in [3.8, 4) is 0 Å². The van der Waals surface area contributed by atoms with Gasteiger partial charge in [0.1, 0.15) is 0 Å². The van der Waals surface area contributed by atoms with E-state index in [-0.39, 0.29) is 24.0 Å². The Bertz CT molecular complexity index is 196. The number of aliphatic imine (C=N–C) groups is 1. The monoisotopic (exact) mass is 341 g/mol. The van der Waals surface area contributed by atoms with E-state index in [1.807, 2.05) is 6.92 Å². The Hall–Kier alpha value is -0.300. The van der Waals surface area contributed by atoms with E-state index in [2.05, 4.69) is 34.7 Å². The summed E-state index contributed by atoms with van der Waals surface area (Å²) in [5, 5.41) is 6.42. The first-order chi connectivity index (χ1) is 7.35. The van der Waals surface area contributed by atoms with Crippen LogP contribution >= 0.6 is 24.0 Å². The van der Waals surface area contributed by atoms with Crippen LogP contribution in [-0.4, -0.2) is 39.3 Å². The maximum atomic E-state index is 4.94. The van der Waals surface area contributed by atoms with Gasteiger partial charge in [0.2, 0.25) is 0 Å². The van der Waals surface area contributed by atoms with Crippen LogP contribution < -0.4 is 10.6 Å². The predicted octanol–water partition coefficient (Wildman–Crippen LogP) is 1.77. The first-order valence-corrected chi connectivity index (χ1v) is 5.47. The molecule has 0 aromatic heterocycles. The van der Waals surface area contributed by atoms with Crippen molar-refractivity contribution in [1.29, 1.82) is 0 Å². The fourth-order valence-electron chi connectivity index (χ4n) is 1.03. The lowest BCUT2D eigenvalue weighted by Gasteiger charge is -2.09. The van der Waals surface area contributed by atoms with Gasteiger partial charge in [-0.1, -0.05) is 12.2 Å². The second-order valence-corrected chi connectivity index (χ2v) is 3.04. The highest BCUT2D eigenvalue weighted by atomic mass is 127. The van der Waals surface area contributed by atoms with E-state index in [1.165, 1.54) is 0 Å². The average Bonchev–Trinajstić information content (AvgIpc) is 2.24. The molecular formula is C11H24IN3O. The molecule has 0 radical (unpaired) electrons. The Morgan fingerprint density at radius 2 is 2.12 bits per heavy atom. The van der Waals surface area contributed by atoms with Crippen LogP contribution in [0.15, 0.2) is 17.1 Å². The summed E-state index contributed by atoms with van der Waals surface area (Å²) in [6.45, 7) is 7.21. The second-order valence-electron chi connectivity index (χ2n) is 3.04. The van der Waals surface area contributed by atoms with E-state index >= 15 is 0 Å². The fraction of sp³-hybridized carbons (Fsp3) is 0.727. The summed E-state index contributed by atoms with van der Waals surface area (Å²) >= 11 is 0. The van der Waals surface area contributed by atoms with Gasteiger partial charge in [0, 0.05) is 20.2 Å². The zero-order valence-electron chi connectivity index (χ0n) is 10.5. The SMILES string of the molecule is CC=CCCNC(=NCCOC)NCC.I. The Labute approximate surface area is 116 Å². The number of nitrogens with zero attached hydrogens (tertiary/aromatic N) is 1. The lowest BCUT2D eigenvalue weighted by Crippen LogP contribution is -2.37. The van der Waals surface area contributed by atoms with Crippen LogP contribution in [0, 0.1) is 0 Å². The smallest absolute Gasteiger partial charge is 0.191 e. The summed E-state index contributed by atoms with van der Waals surface area (Å²) in [6.07, 6.45) is 5.20. The molecule has 0 aromatic rings. The number of nitrogens with one attached hydrogen (secondary N) is 2. The highest BCUT2D eigenvalue weighted by Crippen LogP contribution is 1.81. The predicted molar refractivity (Wildman–Crippen MR) is 80.7 cm³/mol. The zero-order chi connectivity index (χ0) is 11.4. The molecule has 5 heteroatoms. The molecule has 0 aliphatic rings. The third-order valence-corrected chi connectivity index (χ3v) is 1.75. The number of allylic oxidation sites excluding steroid dienone is 1. The molecule has 0 spiro atoms. The first-order valence-electron chi connectivity index (χ1n) is 5.47. The standard InChI is InChI=1S/C11H23N3O.HI/c1-4-6-7-8-13-11(12-5-2)14-9-10-15-3;/h4,6H,5,7-10H2,1-3H3,(H2,12,13,14);1H. The molecule has 0 saturated carbocycles. The van der Waals surface area contributed by atoms with E-state index in [0.29, 0.717) is 13.2 Å². The lowest BCUT2D eigenvalue weighted by molar-refractivity contribution is 0.208. The minimum atomic E-state index is 0. The second kappa shape index (κ2) is 14.7. The van der Waals surface area contributed by atoms with E-state index in [9.17, 15) is 0 Å². The number of hydrogen-bond donors (Lipinski definition) is 2. The van der Waals surface area contributed by atoms with E-state index < -0.39 is 0 Å². The molecule has 16 heavy (non-hydrogen) atoms. The van der Waals surface area contributed by atoms with Gasteiger partial charge in [0.15, 0.2) is 5.96 Å². The van der Waals surface area contributed by atoms with E-state index in [1.54, 1.807) is 7.11 Å². The summed E-state index contributed by atoms with van der Waals surface area (Å²) in [4.78, 5) is 4.35. The highest BCUT2D eigenvalue weighted by Gasteiger charge is 1.93. The Morgan fingerprint density at radius 1 is 1.38 bits per heavy atom. The van der Waals surface area contributed by atoms with Crippen molar-refractivity contribution >= 4 is 29.9 Å². The Kier molecular flexibility index (Phi) is 16.6. The van der Waals surface area contributed by atoms with Crippen LogP contribution in [0.2, 0.25) is 0 Å². The average molecular weight is 341 g/mol. The normalized spacial score (nSPS) is 11.3. The van der Waals surface area contributed by atoms with Gasteiger partial charge in [0.25, 0.3) is 0 Å². The van der Waals surface area contributed by atoms with Gasteiger partial charge in [-0.3, -0.25) is 4.99 Å². The molecule has 0 aliphatic heterocycles. The highest BCUT2D eigenvalue weighted by molar-refractivity contribution is 14.0. The summed E-state index contributed by atoms with van der Waals surface area (Å²) in [5.41, 5.74) is 0. The quantitative estimate of drug-likeness (QED) is 0.244. The minimum Gasteiger partial charge on any atom is -0.383 e. The third kappa shape index (κ3) is 11.8. The van der Waals surface area contributed by atoms with Crippen LogP contribution in [0.5, 0.6) is 0 Å². The maximum Gasteiger partial charge on any atom is 0.191 e. The topological polar surface area (TPSA) is 45.7 Å². The number of rotatable bonds is 7. The molecule has 0 aliphatic carbocycles. The Morgan fingerprint density at radius 3 is 2.69 bits per heavy atom. The van der Waals surface area contributed by atoms with Gasteiger partial charge < -0.3 is 15.4 Å². The van der Waals surface area contributed by atoms with E-state index in [4.69, 9.17) is 4.74 Å². The Balaban J connectivity index is 0. The first kappa shape index (κ1) is 18.1. The maximum absolute atomic E-state index is 4.94. The molecule has 0 bridgehead atoms. The van der Waals surface area contributed by atoms with E-state index in [0.717, 1.165) is 25.5 Å². The van der Waals surface area contributed by atoms with Gasteiger partial charge in [-0.15, -0.1) is 24.0 Å². The molecule has 2 N–H and O–H groups in total.